The third-order valence-corrected chi connectivity index (χ3v) is 3.22. The number of aromatic nitrogens is 5. The zero-order valence-electron chi connectivity index (χ0n) is 10.6. The van der Waals surface area contributed by atoms with Gasteiger partial charge in [0.2, 0.25) is 11.7 Å². The van der Waals surface area contributed by atoms with Crippen LogP contribution in [0.2, 0.25) is 0 Å². The Hall–Kier alpha value is -2.06. The van der Waals surface area contributed by atoms with Gasteiger partial charge in [-0.25, -0.2) is 0 Å². The highest BCUT2D eigenvalue weighted by molar-refractivity contribution is 9.10. The first kappa shape index (κ1) is 12.9. The minimum absolute atomic E-state index is 0.331. The zero-order valence-corrected chi connectivity index (χ0v) is 12.1. The van der Waals surface area contributed by atoms with E-state index in [1.165, 1.54) is 0 Å². The van der Waals surface area contributed by atoms with E-state index >= 15 is 0 Å². The van der Waals surface area contributed by atoms with Gasteiger partial charge in [-0.1, -0.05) is 5.16 Å². The summed E-state index contributed by atoms with van der Waals surface area (Å²) in [7, 11) is 1.82. The van der Waals surface area contributed by atoms with Gasteiger partial charge >= 0.3 is 0 Å². The largest absolute Gasteiger partial charge is 0.337 e. The molecule has 3 rings (SSSR count). The molecule has 7 nitrogen and oxygen atoms in total. The van der Waals surface area contributed by atoms with E-state index in [2.05, 4.69) is 36.2 Å². The number of hydrogen-bond donors (Lipinski definition) is 1. The summed E-state index contributed by atoms with van der Waals surface area (Å²) < 4.78 is 7.76. The summed E-state index contributed by atoms with van der Waals surface area (Å²) in [4.78, 5) is 8.49. The van der Waals surface area contributed by atoms with Crippen LogP contribution in [0, 0.1) is 0 Å². The van der Waals surface area contributed by atoms with Crippen molar-refractivity contribution in [1.82, 2.24) is 24.9 Å². The standard InChI is InChI=1S/C12H11BrN6O/c1-19-6-7(4-16-19)10(14)12-17-11(18-20-12)9-3-2-8(13)5-15-9/h2-6,10H,14H2,1H3. The first-order valence-electron chi connectivity index (χ1n) is 5.83. The molecular weight excluding hydrogens is 324 g/mol. The van der Waals surface area contributed by atoms with E-state index in [1.54, 1.807) is 23.1 Å². The van der Waals surface area contributed by atoms with Gasteiger partial charge in [0.05, 0.1) is 6.20 Å². The van der Waals surface area contributed by atoms with Crippen LogP contribution in [0.5, 0.6) is 0 Å². The van der Waals surface area contributed by atoms with Gasteiger partial charge in [0, 0.05) is 29.5 Å². The SMILES string of the molecule is Cn1cc(C(N)c2nc(-c3ccc(Br)cn3)no2)cn1. The predicted octanol–water partition coefficient (Wildman–Crippen LogP) is 1.68. The maximum atomic E-state index is 6.07. The van der Waals surface area contributed by atoms with Crippen LogP contribution in [0.4, 0.5) is 0 Å². The van der Waals surface area contributed by atoms with Gasteiger partial charge < -0.3 is 10.3 Å². The molecule has 2 N–H and O–H groups in total. The molecule has 0 spiro atoms. The fourth-order valence-electron chi connectivity index (χ4n) is 1.72. The molecule has 0 aromatic carbocycles. The van der Waals surface area contributed by atoms with Crippen molar-refractivity contribution in [2.75, 3.05) is 0 Å². The van der Waals surface area contributed by atoms with Crippen LogP contribution in [0.1, 0.15) is 17.5 Å². The highest BCUT2D eigenvalue weighted by Gasteiger charge is 2.19. The minimum atomic E-state index is -0.500. The van der Waals surface area contributed by atoms with Crippen molar-refractivity contribution in [2.24, 2.45) is 12.8 Å². The van der Waals surface area contributed by atoms with E-state index in [1.807, 2.05) is 19.3 Å². The Morgan fingerprint density at radius 1 is 1.35 bits per heavy atom. The second-order valence-corrected chi connectivity index (χ2v) is 5.16. The Morgan fingerprint density at radius 2 is 2.20 bits per heavy atom. The average molecular weight is 335 g/mol. The molecule has 3 aromatic heterocycles. The fourth-order valence-corrected chi connectivity index (χ4v) is 1.95. The van der Waals surface area contributed by atoms with E-state index in [-0.39, 0.29) is 0 Å². The van der Waals surface area contributed by atoms with E-state index in [0.717, 1.165) is 10.0 Å². The molecule has 1 atom stereocenters. The highest BCUT2D eigenvalue weighted by Crippen LogP contribution is 2.21. The smallest absolute Gasteiger partial charge is 0.248 e. The number of aryl methyl sites for hydroxylation is 1. The normalized spacial score (nSPS) is 12.6. The molecule has 0 bridgehead atoms. The predicted molar refractivity (Wildman–Crippen MR) is 74.5 cm³/mol. The van der Waals surface area contributed by atoms with Crippen molar-refractivity contribution < 1.29 is 4.52 Å². The molecule has 1 unspecified atom stereocenters. The van der Waals surface area contributed by atoms with Crippen molar-refractivity contribution in [2.45, 2.75) is 6.04 Å². The van der Waals surface area contributed by atoms with Crippen molar-refractivity contribution in [3.63, 3.8) is 0 Å². The number of hydrogen-bond acceptors (Lipinski definition) is 6. The van der Waals surface area contributed by atoms with Crippen molar-refractivity contribution in [1.29, 1.82) is 0 Å². The zero-order chi connectivity index (χ0) is 14.1. The average Bonchev–Trinajstić information content (AvgIpc) is 3.08. The molecule has 0 aliphatic rings. The van der Waals surface area contributed by atoms with Crippen LogP contribution >= 0.6 is 15.9 Å². The molecule has 0 saturated carbocycles. The van der Waals surface area contributed by atoms with Gasteiger partial charge in [-0.05, 0) is 28.1 Å². The number of rotatable bonds is 3. The first-order valence-corrected chi connectivity index (χ1v) is 6.62. The van der Waals surface area contributed by atoms with Crippen LogP contribution in [0.3, 0.4) is 0 Å². The van der Waals surface area contributed by atoms with E-state index < -0.39 is 6.04 Å². The van der Waals surface area contributed by atoms with E-state index in [4.69, 9.17) is 10.3 Å². The van der Waals surface area contributed by atoms with E-state index in [9.17, 15) is 0 Å². The summed E-state index contributed by atoms with van der Waals surface area (Å²) >= 11 is 3.32. The number of nitrogens with two attached hydrogens (primary N) is 1. The van der Waals surface area contributed by atoms with Gasteiger partial charge in [-0.3, -0.25) is 9.67 Å². The maximum absolute atomic E-state index is 6.07. The lowest BCUT2D eigenvalue weighted by Gasteiger charge is -2.01. The highest BCUT2D eigenvalue weighted by atomic mass is 79.9. The van der Waals surface area contributed by atoms with Crippen LogP contribution in [0.25, 0.3) is 11.5 Å². The molecule has 3 aromatic rings. The summed E-state index contributed by atoms with van der Waals surface area (Å²) in [5, 5.41) is 7.97. The topological polar surface area (TPSA) is 95.7 Å². The molecule has 8 heteroatoms. The summed E-state index contributed by atoms with van der Waals surface area (Å²) in [5.41, 5.74) is 7.51. The Kier molecular flexibility index (Phi) is 3.33. The molecule has 0 aliphatic carbocycles. The minimum Gasteiger partial charge on any atom is -0.337 e. The van der Waals surface area contributed by atoms with Crippen molar-refractivity contribution >= 4 is 15.9 Å². The van der Waals surface area contributed by atoms with Crippen molar-refractivity contribution in [3.05, 3.63) is 46.7 Å². The number of pyridine rings is 1. The summed E-state index contributed by atoms with van der Waals surface area (Å²) in [5.74, 6) is 0.740. The lowest BCUT2D eigenvalue weighted by molar-refractivity contribution is 0.367. The molecular formula is C12H11BrN6O. The molecule has 0 amide bonds. The Balaban J connectivity index is 1.88. The number of halogens is 1. The lowest BCUT2D eigenvalue weighted by atomic mass is 10.2. The maximum Gasteiger partial charge on any atom is 0.248 e. The van der Waals surface area contributed by atoms with Gasteiger partial charge in [0.25, 0.3) is 0 Å². The molecule has 0 radical (unpaired) electrons. The molecule has 0 aliphatic heterocycles. The van der Waals surface area contributed by atoms with E-state index in [0.29, 0.717) is 17.4 Å². The Labute approximate surface area is 122 Å². The molecule has 3 heterocycles. The number of nitrogens with zero attached hydrogens (tertiary/aromatic N) is 5. The lowest BCUT2D eigenvalue weighted by Crippen LogP contribution is -2.11. The molecule has 20 heavy (non-hydrogen) atoms. The fraction of sp³-hybridized carbons (Fsp3) is 0.167. The van der Waals surface area contributed by atoms with Gasteiger partial charge in [-0.15, -0.1) is 0 Å². The molecule has 0 saturated heterocycles. The van der Waals surface area contributed by atoms with Crippen LogP contribution in [0.15, 0.2) is 39.7 Å². The molecule has 102 valence electrons. The molecule has 0 fully saturated rings. The third-order valence-electron chi connectivity index (χ3n) is 2.75. The Morgan fingerprint density at radius 3 is 2.85 bits per heavy atom. The van der Waals surface area contributed by atoms with Crippen LogP contribution in [-0.2, 0) is 7.05 Å². The van der Waals surface area contributed by atoms with Crippen LogP contribution in [-0.4, -0.2) is 24.9 Å². The van der Waals surface area contributed by atoms with Gasteiger partial charge in [0.15, 0.2) is 0 Å². The summed E-state index contributed by atoms with van der Waals surface area (Å²) in [6, 6.07) is 3.16. The van der Waals surface area contributed by atoms with Crippen LogP contribution < -0.4 is 5.73 Å². The first-order chi connectivity index (χ1) is 9.63. The third kappa shape index (κ3) is 2.47. The summed E-state index contributed by atoms with van der Waals surface area (Å²) in [6.45, 7) is 0. The summed E-state index contributed by atoms with van der Waals surface area (Å²) in [6.07, 6.45) is 5.16. The van der Waals surface area contributed by atoms with Gasteiger partial charge in [-0.2, -0.15) is 10.1 Å². The quantitative estimate of drug-likeness (QED) is 0.782. The Bertz CT molecular complexity index is 720. The van der Waals surface area contributed by atoms with Crippen molar-refractivity contribution in [3.8, 4) is 11.5 Å². The monoisotopic (exact) mass is 334 g/mol. The van der Waals surface area contributed by atoms with Gasteiger partial charge in [0.1, 0.15) is 11.7 Å². The second kappa shape index (κ2) is 5.14. The second-order valence-electron chi connectivity index (χ2n) is 4.24.